The highest BCUT2D eigenvalue weighted by molar-refractivity contribution is 6.02. The minimum atomic E-state index is -0.285. The molecule has 21 heavy (non-hydrogen) atoms. The number of nitrogens with one attached hydrogen (secondary N) is 1. The van der Waals surface area contributed by atoms with E-state index in [-0.39, 0.29) is 17.7 Å². The van der Waals surface area contributed by atoms with Gasteiger partial charge in [-0.1, -0.05) is 20.8 Å². The van der Waals surface area contributed by atoms with Crippen molar-refractivity contribution >= 4 is 11.7 Å². The molecule has 0 bridgehead atoms. The molecule has 2 heterocycles. The molecule has 0 atom stereocenters. The van der Waals surface area contributed by atoms with Gasteiger partial charge in [0.15, 0.2) is 5.89 Å². The van der Waals surface area contributed by atoms with Gasteiger partial charge in [0.1, 0.15) is 5.82 Å². The largest absolute Gasteiger partial charge is 0.435 e. The average Bonchev–Trinajstić information content (AvgIpc) is 3.07. The average molecular weight is 290 g/mol. The van der Waals surface area contributed by atoms with E-state index in [1.807, 2.05) is 11.6 Å². The van der Waals surface area contributed by atoms with Crippen LogP contribution in [0.15, 0.2) is 16.7 Å². The van der Waals surface area contributed by atoms with Crippen LogP contribution in [0.1, 0.15) is 61.8 Å². The summed E-state index contributed by atoms with van der Waals surface area (Å²) in [5.41, 5.74) is 0.609. The Morgan fingerprint density at radius 3 is 2.67 bits per heavy atom. The molecular formula is C15H22N4O2. The Balaban J connectivity index is 2.20. The lowest BCUT2D eigenvalue weighted by molar-refractivity contribution is 0.0993. The van der Waals surface area contributed by atoms with Crippen LogP contribution in [-0.2, 0) is 6.42 Å². The van der Waals surface area contributed by atoms with Gasteiger partial charge in [-0.25, -0.2) is 9.67 Å². The first-order valence-corrected chi connectivity index (χ1v) is 7.41. The summed E-state index contributed by atoms with van der Waals surface area (Å²) < 4.78 is 7.33. The molecule has 0 aromatic carbocycles. The Hall–Kier alpha value is -2.11. The predicted molar refractivity (Wildman–Crippen MR) is 80.4 cm³/mol. The zero-order valence-corrected chi connectivity index (χ0v) is 13.0. The van der Waals surface area contributed by atoms with Crippen molar-refractivity contribution in [2.24, 2.45) is 0 Å². The maximum absolute atomic E-state index is 12.3. The van der Waals surface area contributed by atoms with Crippen LogP contribution in [0.25, 0.3) is 0 Å². The van der Waals surface area contributed by atoms with Gasteiger partial charge in [0.25, 0.3) is 5.91 Å². The molecule has 0 spiro atoms. The van der Waals surface area contributed by atoms with Crippen molar-refractivity contribution in [3.05, 3.63) is 29.6 Å². The monoisotopic (exact) mass is 290 g/mol. The number of nitrogens with zero attached hydrogens (tertiary/aromatic N) is 3. The van der Waals surface area contributed by atoms with Crippen LogP contribution in [0.5, 0.6) is 0 Å². The second kappa shape index (κ2) is 6.56. The van der Waals surface area contributed by atoms with E-state index in [1.54, 1.807) is 19.2 Å². The number of anilines is 1. The number of hydrogen-bond donors (Lipinski definition) is 1. The lowest BCUT2D eigenvalue weighted by Gasteiger charge is -2.16. The van der Waals surface area contributed by atoms with E-state index in [2.05, 4.69) is 29.2 Å². The molecule has 1 amide bonds. The molecule has 1 N–H and O–H groups in total. The van der Waals surface area contributed by atoms with Crippen molar-refractivity contribution in [1.29, 1.82) is 0 Å². The van der Waals surface area contributed by atoms with Crippen LogP contribution in [0.2, 0.25) is 0 Å². The highest BCUT2D eigenvalue weighted by Crippen LogP contribution is 2.21. The van der Waals surface area contributed by atoms with Crippen molar-refractivity contribution < 1.29 is 9.21 Å². The summed E-state index contributed by atoms with van der Waals surface area (Å²) in [4.78, 5) is 16.5. The molecule has 0 saturated heterocycles. The van der Waals surface area contributed by atoms with Gasteiger partial charge in [-0.3, -0.25) is 4.79 Å². The Kier molecular flexibility index (Phi) is 4.77. The second-order valence-corrected chi connectivity index (χ2v) is 4.96. The Bertz CT molecular complexity index is 611. The van der Waals surface area contributed by atoms with Crippen LogP contribution in [0.3, 0.4) is 0 Å². The fraction of sp³-hybridized carbons (Fsp3) is 0.533. The molecule has 0 saturated carbocycles. The number of carbonyl (C=O) groups is 1. The van der Waals surface area contributed by atoms with Crippen molar-refractivity contribution in [3.63, 3.8) is 0 Å². The van der Waals surface area contributed by atoms with Gasteiger partial charge in [-0.2, -0.15) is 5.10 Å². The van der Waals surface area contributed by atoms with Crippen LogP contribution in [0.4, 0.5) is 5.82 Å². The van der Waals surface area contributed by atoms with Crippen LogP contribution in [0, 0.1) is 6.92 Å². The van der Waals surface area contributed by atoms with Crippen molar-refractivity contribution in [1.82, 2.24) is 14.8 Å². The third-order valence-electron chi connectivity index (χ3n) is 3.55. The molecule has 6 heteroatoms. The summed E-state index contributed by atoms with van der Waals surface area (Å²) in [6.07, 6.45) is 4.28. The fourth-order valence-electron chi connectivity index (χ4n) is 2.33. The molecule has 0 unspecified atom stereocenters. The number of aromatic nitrogens is 3. The summed E-state index contributed by atoms with van der Waals surface area (Å²) in [7, 11) is 0. The van der Waals surface area contributed by atoms with Gasteiger partial charge in [0.2, 0.25) is 5.76 Å². The molecule has 114 valence electrons. The van der Waals surface area contributed by atoms with Gasteiger partial charge in [-0.15, -0.1) is 0 Å². The molecule has 0 aliphatic heterocycles. The second-order valence-electron chi connectivity index (χ2n) is 4.96. The lowest BCUT2D eigenvalue weighted by atomic mass is 10.2. The van der Waals surface area contributed by atoms with Crippen LogP contribution >= 0.6 is 0 Å². The Morgan fingerprint density at radius 1 is 1.38 bits per heavy atom. The summed E-state index contributed by atoms with van der Waals surface area (Å²) >= 11 is 0. The van der Waals surface area contributed by atoms with E-state index in [4.69, 9.17) is 4.42 Å². The third-order valence-corrected chi connectivity index (χ3v) is 3.55. The van der Waals surface area contributed by atoms with Crippen LogP contribution < -0.4 is 5.32 Å². The van der Waals surface area contributed by atoms with Gasteiger partial charge >= 0.3 is 0 Å². The summed E-state index contributed by atoms with van der Waals surface area (Å²) in [5, 5.41) is 7.17. The van der Waals surface area contributed by atoms with Gasteiger partial charge in [0, 0.05) is 12.5 Å². The molecule has 2 aromatic rings. The van der Waals surface area contributed by atoms with Crippen molar-refractivity contribution in [3.8, 4) is 0 Å². The van der Waals surface area contributed by atoms with E-state index in [0.29, 0.717) is 23.8 Å². The number of oxazole rings is 1. The number of hydrogen-bond acceptors (Lipinski definition) is 4. The van der Waals surface area contributed by atoms with E-state index in [0.717, 1.165) is 12.8 Å². The van der Waals surface area contributed by atoms with Gasteiger partial charge < -0.3 is 9.73 Å². The standard InChI is InChI=1S/C15H22N4O2/c1-5-11(6-2)19-12(8-9-16-19)18-15(20)14-10(4)17-13(7-3)21-14/h8-9,11H,5-7H2,1-4H3,(H,18,20). The topological polar surface area (TPSA) is 73.0 Å². The number of amides is 1. The molecule has 0 radical (unpaired) electrons. The molecule has 0 aliphatic carbocycles. The van der Waals surface area contributed by atoms with Crippen molar-refractivity contribution in [2.75, 3.05) is 5.32 Å². The van der Waals surface area contributed by atoms with E-state index < -0.39 is 0 Å². The molecule has 0 aliphatic rings. The molecule has 2 aromatic heterocycles. The number of carbonyl (C=O) groups excluding carboxylic acids is 1. The smallest absolute Gasteiger partial charge is 0.294 e. The van der Waals surface area contributed by atoms with E-state index in [9.17, 15) is 4.79 Å². The molecule has 0 fully saturated rings. The normalized spacial score (nSPS) is 11.1. The lowest BCUT2D eigenvalue weighted by Crippen LogP contribution is -2.18. The van der Waals surface area contributed by atoms with E-state index in [1.165, 1.54) is 0 Å². The molecule has 2 rings (SSSR count). The van der Waals surface area contributed by atoms with Crippen molar-refractivity contribution in [2.45, 2.75) is 53.0 Å². The first kappa shape index (κ1) is 15.3. The number of rotatable bonds is 6. The first-order valence-electron chi connectivity index (χ1n) is 7.41. The predicted octanol–water partition coefficient (Wildman–Crippen LogP) is 3.36. The number of aryl methyl sites for hydroxylation is 2. The third kappa shape index (κ3) is 3.15. The summed E-state index contributed by atoms with van der Waals surface area (Å²) in [5.74, 6) is 1.24. The summed E-state index contributed by atoms with van der Waals surface area (Å²) in [6.45, 7) is 7.93. The maximum Gasteiger partial charge on any atom is 0.294 e. The van der Waals surface area contributed by atoms with Gasteiger partial charge in [0.05, 0.1) is 17.9 Å². The first-order chi connectivity index (χ1) is 10.1. The summed E-state index contributed by atoms with van der Waals surface area (Å²) in [6, 6.07) is 2.07. The van der Waals surface area contributed by atoms with Crippen LogP contribution in [-0.4, -0.2) is 20.7 Å². The zero-order chi connectivity index (χ0) is 15.4. The van der Waals surface area contributed by atoms with Gasteiger partial charge in [-0.05, 0) is 19.8 Å². The fourth-order valence-corrected chi connectivity index (χ4v) is 2.33. The minimum Gasteiger partial charge on any atom is -0.435 e. The highest BCUT2D eigenvalue weighted by Gasteiger charge is 2.19. The Morgan fingerprint density at radius 2 is 2.10 bits per heavy atom. The highest BCUT2D eigenvalue weighted by atomic mass is 16.4. The quantitative estimate of drug-likeness (QED) is 0.885. The Labute approximate surface area is 124 Å². The minimum absolute atomic E-state index is 0.268. The molecule has 6 nitrogen and oxygen atoms in total. The zero-order valence-electron chi connectivity index (χ0n) is 13.0. The van der Waals surface area contributed by atoms with E-state index >= 15 is 0 Å². The molecular weight excluding hydrogens is 268 g/mol. The maximum atomic E-state index is 12.3. The SMILES string of the molecule is CCc1nc(C)c(C(=O)Nc2ccnn2C(CC)CC)o1.